The zero-order valence-corrected chi connectivity index (χ0v) is 17.5. The van der Waals surface area contributed by atoms with Crippen LogP contribution < -0.4 is 9.21 Å². The fourth-order valence-corrected chi connectivity index (χ4v) is 5.15. The Morgan fingerprint density at radius 1 is 0.935 bits per heavy atom. The van der Waals surface area contributed by atoms with Crippen molar-refractivity contribution in [2.45, 2.75) is 24.8 Å². The van der Waals surface area contributed by atoms with Gasteiger partial charge in [-0.05, 0) is 41.8 Å². The van der Waals surface area contributed by atoms with Gasteiger partial charge >= 0.3 is 6.03 Å². The van der Waals surface area contributed by atoms with Crippen molar-refractivity contribution in [2.75, 3.05) is 9.21 Å². The summed E-state index contributed by atoms with van der Waals surface area (Å²) in [5.74, 6) is 0. The van der Waals surface area contributed by atoms with E-state index in [0.717, 1.165) is 9.87 Å². The van der Waals surface area contributed by atoms with Crippen molar-refractivity contribution in [3.05, 3.63) is 94.0 Å². The van der Waals surface area contributed by atoms with Gasteiger partial charge in [0.15, 0.2) is 0 Å². The molecule has 1 heterocycles. The molecule has 0 radical (unpaired) electrons. The highest BCUT2D eigenvalue weighted by Gasteiger charge is 2.42. The first-order valence-electron chi connectivity index (χ1n) is 9.61. The van der Waals surface area contributed by atoms with Gasteiger partial charge < -0.3 is 0 Å². The highest BCUT2D eigenvalue weighted by Crippen LogP contribution is 2.38. The number of benzene rings is 3. The standard InChI is InChI=1S/C22H19N3O5S/c1-2-16-7-5-9-18(13-16)24-22(26)23(15-17-8-6-10-19(14-17)25(27)28)20-11-3-4-12-21(20)31(24,29)30/h3-14H,2,15H2,1H3. The number of nitro benzene ring substituents is 1. The van der Waals surface area contributed by atoms with Gasteiger partial charge in [-0.3, -0.25) is 15.0 Å². The smallest absolute Gasteiger partial charge is 0.287 e. The van der Waals surface area contributed by atoms with Gasteiger partial charge in [-0.25, -0.2) is 13.2 Å². The lowest BCUT2D eigenvalue weighted by Gasteiger charge is -2.36. The van der Waals surface area contributed by atoms with Crippen LogP contribution in [0.4, 0.5) is 21.9 Å². The number of amides is 2. The Balaban J connectivity index is 1.84. The summed E-state index contributed by atoms with van der Waals surface area (Å²) in [6.45, 7) is 1.92. The first-order valence-corrected chi connectivity index (χ1v) is 11.0. The van der Waals surface area contributed by atoms with Crippen LogP contribution in [0.3, 0.4) is 0 Å². The number of fused-ring (bicyclic) bond motifs is 1. The van der Waals surface area contributed by atoms with E-state index in [9.17, 15) is 23.3 Å². The summed E-state index contributed by atoms with van der Waals surface area (Å²) in [4.78, 5) is 25.4. The molecule has 0 saturated heterocycles. The van der Waals surface area contributed by atoms with Gasteiger partial charge in [0, 0.05) is 12.1 Å². The molecule has 0 aliphatic carbocycles. The zero-order chi connectivity index (χ0) is 22.2. The number of carbonyl (C=O) groups is 1. The van der Waals surface area contributed by atoms with Crippen LogP contribution in [0.5, 0.6) is 0 Å². The minimum Gasteiger partial charge on any atom is -0.287 e. The first kappa shape index (κ1) is 20.5. The van der Waals surface area contributed by atoms with E-state index >= 15 is 0 Å². The number of aryl methyl sites for hydroxylation is 1. The Labute approximate surface area is 179 Å². The second-order valence-corrected chi connectivity index (χ2v) is 8.81. The van der Waals surface area contributed by atoms with Crippen molar-refractivity contribution in [3.8, 4) is 0 Å². The number of urea groups is 1. The predicted molar refractivity (Wildman–Crippen MR) is 117 cm³/mol. The van der Waals surface area contributed by atoms with E-state index in [1.807, 2.05) is 13.0 Å². The van der Waals surface area contributed by atoms with Crippen LogP contribution in [0.2, 0.25) is 0 Å². The molecule has 2 amide bonds. The molecular formula is C22H19N3O5S. The third kappa shape index (κ3) is 3.64. The Kier molecular flexibility index (Phi) is 5.20. The Morgan fingerprint density at radius 2 is 1.65 bits per heavy atom. The van der Waals surface area contributed by atoms with Gasteiger partial charge in [0.25, 0.3) is 15.7 Å². The predicted octanol–water partition coefficient (Wildman–Crippen LogP) is 4.49. The zero-order valence-electron chi connectivity index (χ0n) is 16.6. The second kappa shape index (κ2) is 7.84. The van der Waals surface area contributed by atoms with Crippen LogP contribution in [-0.2, 0) is 23.0 Å². The van der Waals surface area contributed by atoms with Crippen molar-refractivity contribution in [1.29, 1.82) is 0 Å². The first-order chi connectivity index (χ1) is 14.8. The largest absolute Gasteiger partial charge is 0.343 e. The molecule has 31 heavy (non-hydrogen) atoms. The molecule has 9 heteroatoms. The molecule has 1 aliphatic heterocycles. The number of carbonyl (C=O) groups excluding carboxylic acids is 1. The summed E-state index contributed by atoms with van der Waals surface area (Å²) in [6, 6.07) is 18.3. The summed E-state index contributed by atoms with van der Waals surface area (Å²) in [5.41, 5.74) is 1.80. The van der Waals surface area contributed by atoms with E-state index in [4.69, 9.17) is 0 Å². The van der Waals surface area contributed by atoms with Crippen molar-refractivity contribution in [1.82, 2.24) is 0 Å². The summed E-state index contributed by atoms with van der Waals surface area (Å²) >= 11 is 0. The molecule has 4 rings (SSSR count). The van der Waals surface area contributed by atoms with Crippen LogP contribution in [0.15, 0.2) is 77.7 Å². The van der Waals surface area contributed by atoms with Gasteiger partial charge in [0.2, 0.25) is 0 Å². The molecule has 0 spiro atoms. The number of sulfonamides is 1. The van der Waals surface area contributed by atoms with Gasteiger partial charge in [-0.1, -0.05) is 43.3 Å². The number of nitro groups is 1. The maximum atomic E-state index is 13.5. The lowest BCUT2D eigenvalue weighted by molar-refractivity contribution is -0.384. The van der Waals surface area contributed by atoms with E-state index in [-0.39, 0.29) is 28.5 Å². The van der Waals surface area contributed by atoms with Gasteiger partial charge in [-0.2, -0.15) is 4.31 Å². The molecule has 0 saturated carbocycles. The van der Waals surface area contributed by atoms with Crippen LogP contribution >= 0.6 is 0 Å². The number of rotatable bonds is 5. The van der Waals surface area contributed by atoms with E-state index in [1.54, 1.807) is 42.5 Å². The van der Waals surface area contributed by atoms with E-state index in [1.165, 1.54) is 29.2 Å². The molecule has 0 N–H and O–H groups in total. The number of anilines is 2. The molecule has 158 valence electrons. The molecule has 8 nitrogen and oxygen atoms in total. The van der Waals surface area contributed by atoms with E-state index in [0.29, 0.717) is 12.0 Å². The molecular weight excluding hydrogens is 418 g/mol. The van der Waals surface area contributed by atoms with E-state index in [2.05, 4.69) is 0 Å². The highest BCUT2D eigenvalue weighted by molar-refractivity contribution is 7.94. The topological polar surface area (TPSA) is 101 Å². The molecule has 0 fully saturated rings. The maximum Gasteiger partial charge on any atom is 0.343 e. The van der Waals surface area contributed by atoms with Crippen LogP contribution in [-0.4, -0.2) is 19.4 Å². The minimum atomic E-state index is -4.12. The second-order valence-electron chi connectivity index (χ2n) is 7.06. The monoisotopic (exact) mass is 437 g/mol. The number of nitrogens with zero attached hydrogens (tertiary/aromatic N) is 3. The van der Waals surface area contributed by atoms with Crippen LogP contribution in [0.1, 0.15) is 18.1 Å². The summed E-state index contributed by atoms with van der Waals surface area (Å²) in [5, 5.41) is 11.1. The Morgan fingerprint density at radius 3 is 2.39 bits per heavy atom. The lowest BCUT2D eigenvalue weighted by atomic mass is 10.1. The van der Waals surface area contributed by atoms with E-state index < -0.39 is 21.0 Å². The number of non-ortho nitro benzene ring substituents is 1. The summed E-state index contributed by atoms with van der Waals surface area (Å²) in [7, 11) is -4.12. The fourth-order valence-electron chi connectivity index (χ4n) is 3.57. The molecule has 3 aromatic rings. The molecule has 1 aliphatic rings. The average Bonchev–Trinajstić information content (AvgIpc) is 2.77. The SMILES string of the molecule is CCc1cccc(N2C(=O)N(Cc3cccc([N+](=O)[O-])c3)c3ccccc3S2(=O)=O)c1. The average molecular weight is 437 g/mol. The van der Waals surface area contributed by atoms with Crippen LogP contribution in [0.25, 0.3) is 0 Å². The molecule has 0 aromatic heterocycles. The van der Waals surface area contributed by atoms with Gasteiger partial charge in [0.05, 0.1) is 22.8 Å². The fraction of sp³-hybridized carbons (Fsp3) is 0.136. The Hall–Kier alpha value is -3.72. The number of hydrogen-bond acceptors (Lipinski definition) is 5. The lowest BCUT2D eigenvalue weighted by Crippen LogP contribution is -2.50. The van der Waals surface area contributed by atoms with Gasteiger partial charge in [0.1, 0.15) is 4.90 Å². The molecule has 0 atom stereocenters. The normalized spacial score (nSPS) is 14.9. The molecule has 3 aromatic carbocycles. The maximum absolute atomic E-state index is 13.5. The van der Waals surface area contributed by atoms with Crippen LogP contribution in [0, 0.1) is 10.1 Å². The summed E-state index contributed by atoms with van der Waals surface area (Å²) < 4.78 is 27.5. The molecule has 0 unspecified atom stereocenters. The summed E-state index contributed by atoms with van der Waals surface area (Å²) in [6.07, 6.45) is 0.684. The van der Waals surface area contributed by atoms with Crippen molar-refractivity contribution in [3.63, 3.8) is 0 Å². The van der Waals surface area contributed by atoms with Crippen molar-refractivity contribution >= 4 is 33.1 Å². The van der Waals surface area contributed by atoms with Crippen molar-refractivity contribution < 1.29 is 18.1 Å². The number of hydrogen-bond donors (Lipinski definition) is 0. The third-order valence-corrected chi connectivity index (χ3v) is 6.84. The van der Waals surface area contributed by atoms with Crippen molar-refractivity contribution in [2.24, 2.45) is 0 Å². The quantitative estimate of drug-likeness (QED) is 0.432. The Bertz CT molecular complexity index is 1290. The molecule has 0 bridgehead atoms. The van der Waals surface area contributed by atoms with Gasteiger partial charge in [-0.15, -0.1) is 0 Å². The minimum absolute atomic E-state index is 0.00179. The third-order valence-electron chi connectivity index (χ3n) is 5.09. The number of para-hydroxylation sites is 1. The highest BCUT2D eigenvalue weighted by atomic mass is 32.2.